The van der Waals surface area contributed by atoms with Gasteiger partial charge in [-0.1, -0.05) is 17.7 Å². The van der Waals surface area contributed by atoms with E-state index in [1.54, 1.807) is 18.7 Å². The van der Waals surface area contributed by atoms with Gasteiger partial charge in [0.25, 0.3) is 0 Å². The van der Waals surface area contributed by atoms with E-state index in [9.17, 15) is 9.59 Å². The summed E-state index contributed by atoms with van der Waals surface area (Å²) in [5.74, 6) is 0.632. The Morgan fingerprint density at radius 2 is 1.86 bits per heavy atom. The number of benzene rings is 1. The molecule has 0 saturated carbocycles. The van der Waals surface area contributed by atoms with Gasteiger partial charge < -0.3 is 10.2 Å². The number of hydrogen-bond donors (Lipinski definition) is 1. The van der Waals surface area contributed by atoms with E-state index in [1.807, 2.05) is 17.0 Å². The molecule has 1 N–H and O–H groups in total. The first-order valence-electron chi connectivity index (χ1n) is 7.29. The van der Waals surface area contributed by atoms with E-state index in [4.69, 9.17) is 0 Å². The molecule has 1 aromatic carbocycles. The van der Waals surface area contributed by atoms with Gasteiger partial charge in [0.15, 0.2) is 0 Å². The molecule has 0 aromatic heterocycles. The molecule has 0 radical (unpaired) electrons. The van der Waals surface area contributed by atoms with Crippen molar-refractivity contribution in [3.05, 3.63) is 29.8 Å². The van der Waals surface area contributed by atoms with Crippen molar-refractivity contribution >= 4 is 23.6 Å². The first-order valence-corrected chi connectivity index (χ1v) is 8.27. The third-order valence-electron chi connectivity index (χ3n) is 3.70. The lowest BCUT2D eigenvalue weighted by molar-refractivity contribution is -0.130. The van der Waals surface area contributed by atoms with Crippen LogP contribution in [0.4, 0.5) is 0 Å². The molecule has 0 aliphatic carbocycles. The van der Waals surface area contributed by atoms with Gasteiger partial charge >= 0.3 is 0 Å². The predicted octanol–water partition coefficient (Wildman–Crippen LogP) is 2.21. The number of nitrogens with one attached hydrogen (secondary N) is 1. The zero-order chi connectivity index (χ0) is 15.2. The first kappa shape index (κ1) is 15.9. The van der Waals surface area contributed by atoms with Gasteiger partial charge in [0.2, 0.25) is 11.8 Å². The van der Waals surface area contributed by atoms with Crippen LogP contribution in [0.1, 0.15) is 25.3 Å². The van der Waals surface area contributed by atoms with E-state index >= 15 is 0 Å². The largest absolute Gasteiger partial charge is 0.353 e. The molecule has 21 heavy (non-hydrogen) atoms. The molecule has 1 aliphatic heterocycles. The smallest absolute Gasteiger partial charge is 0.230 e. The first-order chi connectivity index (χ1) is 10.0. The molecule has 5 heteroatoms. The average Bonchev–Trinajstić information content (AvgIpc) is 2.47. The Morgan fingerprint density at radius 3 is 2.43 bits per heavy atom. The monoisotopic (exact) mass is 306 g/mol. The fraction of sp³-hybridized carbons (Fsp3) is 0.500. The van der Waals surface area contributed by atoms with Crippen LogP contribution in [0.5, 0.6) is 0 Å². The van der Waals surface area contributed by atoms with Crippen LogP contribution < -0.4 is 5.32 Å². The second kappa shape index (κ2) is 7.50. The van der Waals surface area contributed by atoms with Crippen molar-refractivity contribution in [1.82, 2.24) is 10.2 Å². The summed E-state index contributed by atoms with van der Waals surface area (Å²) in [4.78, 5) is 26.2. The van der Waals surface area contributed by atoms with Crippen LogP contribution in [0, 0.1) is 6.92 Å². The van der Waals surface area contributed by atoms with Gasteiger partial charge in [-0.05, 0) is 31.9 Å². The van der Waals surface area contributed by atoms with Gasteiger partial charge in [-0.25, -0.2) is 0 Å². The lowest BCUT2D eigenvalue weighted by Gasteiger charge is -2.31. The predicted molar refractivity (Wildman–Crippen MR) is 85.3 cm³/mol. The number of aryl methyl sites for hydroxylation is 1. The van der Waals surface area contributed by atoms with Gasteiger partial charge in [-0.3, -0.25) is 9.59 Å². The van der Waals surface area contributed by atoms with Crippen molar-refractivity contribution < 1.29 is 9.59 Å². The Kier molecular flexibility index (Phi) is 5.67. The summed E-state index contributed by atoms with van der Waals surface area (Å²) in [6, 6.07) is 8.39. The third-order valence-corrected chi connectivity index (χ3v) is 4.71. The minimum Gasteiger partial charge on any atom is -0.353 e. The summed E-state index contributed by atoms with van der Waals surface area (Å²) >= 11 is 1.55. The van der Waals surface area contributed by atoms with Gasteiger partial charge in [0, 0.05) is 31.0 Å². The van der Waals surface area contributed by atoms with Crippen molar-refractivity contribution in [1.29, 1.82) is 0 Å². The lowest BCUT2D eigenvalue weighted by Crippen LogP contribution is -2.46. The molecule has 2 amide bonds. The van der Waals surface area contributed by atoms with Crippen LogP contribution in [0.2, 0.25) is 0 Å². The lowest BCUT2D eigenvalue weighted by atomic mass is 10.1. The molecular weight excluding hydrogens is 284 g/mol. The Labute approximate surface area is 130 Å². The molecule has 1 aromatic rings. The summed E-state index contributed by atoms with van der Waals surface area (Å²) in [6.45, 7) is 5.13. The minimum atomic E-state index is 0.0712. The molecule has 4 nitrogen and oxygen atoms in total. The van der Waals surface area contributed by atoms with E-state index in [0.29, 0.717) is 5.75 Å². The number of piperidine rings is 1. The Morgan fingerprint density at radius 1 is 1.24 bits per heavy atom. The highest BCUT2D eigenvalue weighted by Crippen LogP contribution is 2.18. The number of nitrogens with zero attached hydrogens (tertiary/aromatic N) is 1. The molecule has 0 atom stereocenters. The molecule has 114 valence electrons. The minimum absolute atomic E-state index is 0.0712. The maximum Gasteiger partial charge on any atom is 0.230 e. The van der Waals surface area contributed by atoms with Crippen LogP contribution in [0.25, 0.3) is 0 Å². The second-order valence-electron chi connectivity index (χ2n) is 5.45. The standard InChI is InChI=1S/C16H22N2O2S/c1-12-3-5-15(6-4-12)21-11-16(20)17-14-7-9-18(10-8-14)13(2)19/h3-6,14H,7-11H2,1-2H3,(H,17,20). The van der Waals surface area contributed by atoms with Crippen molar-refractivity contribution in [2.45, 2.75) is 37.6 Å². The highest BCUT2D eigenvalue weighted by Gasteiger charge is 2.21. The molecular formula is C16H22N2O2S. The maximum atomic E-state index is 12.0. The fourth-order valence-electron chi connectivity index (χ4n) is 2.39. The van der Waals surface area contributed by atoms with Gasteiger partial charge in [-0.15, -0.1) is 11.8 Å². The van der Waals surface area contributed by atoms with Crippen molar-refractivity contribution in [2.75, 3.05) is 18.8 Å². The number of rotatable bonds is 4. The molecule has 2 rings (SSSR count). The number of thioether (sulfide) groups is 1. The number of carbonyl (C=O) groups excluding carboxylic acids is 2. The summed E-state index contributed by atoms with van der Waals surface area (Å²) in [5.41, 5.74) is 1.22. The average molecular weight is 306 g/mol. The van der Waals surface area contributed by atoms with Crippen molar-refractivity contribution in [3.8, 4) is 0 Å². The van der Waals surface area contributed by atoms with E-state index in [2.05, 4.69) is 24.4 Å². The Bertz CT molecular complexity index is 494. The van der Waals surface area contributed by atoms with Crippen LogP contribution in [-0.4, -0.2) is 41.6 Å². The SMILES string of the molecule is CC(=O)N1CCC(NC(=O)CSc2ccc(C)cc2)CC1. The van der Waals surface area contributed by atoms with E-state index in [0.717, 1.165) is 30.8 Å². The number of likely N-dealkylation sites (tertiary alicyclic amines) is 1. The summed E-state index contributed by atoms with van der Waals surface area (Å²) in [5, 5.41) is 3.06. The van der Waals surface area contributed by atoms with E-state index < -0.39 is 0 Å². The molecule has 1 saturated heterocycles. The van der Waals surface area contributed by atoms with Crippen molar-refractivity contribution in [3.63, 3.8) is 0 Å². The molecule has 1 fully saturated rings. The Balaban J connectivity index is 1.70. The van der Waals surface area contributed by atoms with Crippen molar-refractivity contribution in [2.24, 2.45) is 0 Å². The highest BCUT2D eigenvalue weighted by molar-refractivity contribution is 8.00. The molecule has 1 aliphatic rings. The van der Waals surface area contributed by atoms with Crippen LogP contribution in [0.3, 0.4) is 0 Å². The van der Waals surface area contributed by atoms with Crippen LogP contribution >= 0.6 is 11.8 Å². The second-order valence-corrected chi connectivity index (χ2v) is 6.50. The quantitative estimate of drug-likeness (QED) is 0.868. The van der Waals surface area contributed by atoms with Gasteiger partial charge in [0.05, 0.1) is 5.75 Å². The number of carbonyl (C=O) groups is 2. The summed E-state index contributed by atoms with van der Waals surface area (Å²) in [7, 11) is 0. The number of amides is 2. The zero-order valence-corrected chi connectivity index (χ0v) is 13.4. The van der Waals surface area contributed by atoms with Gasteiger partial charge in [-0.2, -0.15) is 0 Å². The molecule has 0 unspecified atom stereocenters. The normalized spacial score (nSPS) is 15.8. The topological polar surface area (TPSA) is 49.4 Å². The zero-order valence-electron chi connectivity index (χ0n) is 12.6. The maximum absolute atomic E-state index is 12.0. The van der Waals surface area contributed by atoms with Gasteiger partial charge in [0.1, 0.15) is 0 Å². The highest BCUT2D eigenvalue weighted by atomic mass is 32.2. The molecule has 1 heterocycles. The summed E-state index contributed by atoms with van der Waals surface area (Å²) in [6.07, 6.45) is 1.70. The van der Waals surface area contributed by atoms with E-state index in [1.165, 1.54) is 5.56 Å². The third kappa shape index (κ3) is 5.08. The summed E-state index contributed by atoms with van der Waals surface area (Å²) < 4.78 is 0. The van der Waals surface area contributed by atoms with E-state index in [-0.39, 0.29) is 17.9 Å². The van der Waals surface area contributed by atoms with Crippen LogP contribution in [0.15, 0.2) is 29.2 Å². The molecule has 0 bridgehead atoms. The fourth-order valence-corrected chi connectivity index (χ4v) is 3.10. The molecule has 0 spiro atoms. The Hall–Kier alpha value is -1.49. The number of hydrogen-bond acceptors (Lipinski definition) is 3. The van der Waals surface area contributed by atoms with Crippen LogP contribution in [-0.2, 0) is 9.59 Å².